The minimum absolute atomic E-state index is 0.108. The lowest BCUT2D eigenvalue weighted by Gasteiger charge is -2.15. The highest BCUT2D eigenvalue weighted by Gasteiger charge is 2.22. The molecule has 1 aliphatic heterocycles. The number of aryl methyl sites for hydroxylation is 2. The Kier molecular flexibility index (Phi) is 4.59. The van der Waals surface area contributed by atoms with E-state index in [2.05, 4.69) is 20.7 Å². The van der Waals surface area contributed by atoms with Crippen molar-refractivity contribution in [2.24, 2.45) is 7.05 Å². The van der Waals surface area contributed by atoms with Gasteiger partial charge < -0.3 is 10.6 Å². The zero-order chi connectivity index (χ0) is 17.1. The fourth-order valence-corrected chi connectivity index (χ4v) is 2.79. The van der Waals surface area contributed by atoms with Gasteiger partial charge in [0.05, 0.1) is 12.5 Å². The summed E-state index contributed by atoms with van der Waals surface area (Å²) in [6.45, 7) is 0.855. The molecule has 2 N–H and O–H groups in total. The predicted molar refractivity (Wildman–Crippen MR) is 86.2 cm³/mol. The van der Waals surface area contributed by atoms with Crippen molar-refractivity contribution in [2.75, 3.05) is 6.54 Å². The van der Waals surface area contributed by atoms with Crippen LogP contribution >= 0.6 is 0 Å². The first kappa shape index (κ1) is 16.2. The van der Waals surface area contributed by atoms with Gasteiger partial charge in [-0.15, -0.1) is 0 Å². The minimum Gasteiger partial charge on any atom is -0.354 e. The fraction of sp³-hybridized carbons (Fsp3) is 0.533. The number of rotatable bonds is 4. The second-order valence-electron chi connectivity index (χ2n) is 5.91. The van der Waals surface area contributed by atoms with E-state index in [1.807, 2.05) is 0 Å². The summed E-state index contributed by atoms with van der Waals surface area (Å²) in [7, 11) is 1.71. The van der Waals surface area contributed by atoms with Crippen LogP contribution in [0.5, 0.6) is 0 Å². The van der Waals surface area contributed by atoms with E-state index in [0.29, 0.717) is 24.0 Å². The third-order valence-electron chi connectivity index (χ3n) is 4.17. The van der Waals surface area contributed by atoms with E-state index in [0.717, 1.165) is 12.8 Å². The van der Waals surface area contributed by atoms with Crippen LogP contribution in [0.25, 0.3) is 11.0 Å². The maximum atomic E-state index is 12.3. The second-order valence-corrected chi connectivity index (χ2v) is 5.91. The van der Waals surface area contributed by atoms with E-state index < -0.39 is 6.04 Å². The topological polar surface area (TPSA) is 111 Å². The van der Waals surface area contributed by atoms with Crippen molar-refractivity contribution in [2.45, 2.75) is 38.3 Å². The summed E-state index contributed by atoms with van der Waals surface area (Å²) in [5.41, 5.74) is 0.281. The Balaban J connectivity index is 1.63. The maximum Gasteiger partial charge on any atom is 0.264 e. The average Bonchev–Trinajstić information content (AvgIpc) is 2.82. The summed E-state index contributed by atoms with van der Waals surface area (Å²) >= 11 is 0. The Morgan fingerprint density at radius 3 is 3.08 bits per heavy atom. The lowest BCUT2D eigenvalue weighted by Crippen LogP contribution is -2.45. The summed E-state index contributed by atoms with van der Waals surface area (Å²) in [6, 6.07) is -0.490. The first-order chi connectivity index (χ1) is 11.6. The molecule has 0 spiro atoms. The highest BCUT2D eigenvalue weighted by molar-refractivity contribution is 5.87. The number of hydrogen-bond donors (Lipinski definition) is 2. The molecule has 24 heavy (non-hydrogen) atoms. The van der Waals surface area contributed by atoms with E-state index in [-0.39, 0.29) is 30.3 Å². The molecule has 0 radical (unpaired) electrons. The van der Waals surface area contributed by atoms with Crippen LogP contribution in [0.2, 0.25) is 0 Å². The normalized spacial score (nSPS) is 18.2. The van der Waals surface area contributed by atoms with Crippen LogP contribution < -0.4 is 16.2 Å². The van der Waals surface area contributed by atoms with Gasteiger partial charge in [-0.05, 0) is 19.3 Å². The van der Waals surface area contributed by atoms with Gasteiger partial charge in [0.25, 0.3) is 5.56 Å². The first-order valence-corrected chi connectivity index (χ1v) is 8.00. The van der Waals surface area contributed by atoms with Crippen molar-refractivity contribution >= 4 is 22.8 Å². The van der Waals surface area contributed by atoms with E-state index in [9.17, 15) is 14.4 Å². The zero-order valence-corrected chi connectivity index (χ0v) is 13.5. The zero-order valence-electron chi connectivity index (χ0n) is 13.5. The van der Waals surface area contributed by atoms with Crippen molar-refractivity contribution in [3.05, 3.63) is 22.9 Å². The standard InChI is InChI=1S/C15H20N6O3/c1-20-13-10(8-18-20)15(24)21(9-17-13)7-5-12(22)19-11-4-2-3-6-16-14(11)23/h8-9,11H,2-7H2,1H3,(H,16,23)(H,19,22)/t11-/m1/s1. The van der Waals surface area contributed by atoms with Crippen molar-refractivity contribution in [1.82, 2.24) is 30.0 Å². The van der Waals surface area contributed by atoms with E-state index in [1.54, 1.807) is 7.05 Å². The number of hydrogen-bond acceptors (Lipinski definition) is 5. The van der Waals surface area contributed by atoms with Gasteiger partial charge in [-0.1, -0.05) is 0 Å². The Labute approximate surface area is 138 Å². The van der Waals surface area contributed by atoms with Gasteiger partial charge in [-0.25, -0.2) is 4.98 Å². The molecule has 9 nitrogen and oxygen atoms in total. The van der Waals surface area contributed by atoms with Gasteiger partial charge in [0.15, 0.2) is 5.65 Å². The molecule has 128 valence electrons. The Bertz CT molecular complexity index is 824. The fourth-order valence-electron chi connectivity index (χ4n) is 2.79. The molecule has 0 unspecified atom stereocenters. The second kappa shape index (κ2) is 6.81. The summed E-state index contributed by atoms with van der Waals surface area (Å²) in [5.74, 6) is -0.397. The largest absolute Gasteiger partial charge is 0.354 e. The number of nitrogens with zero attached hydrogens (tertiary/aromatic N) is 4. The van der Waals surface area contributed by atoms with Gasteiger partial charge in [0, 0.05) is 26.6 Å². The van der Waals surface area contributed by atoms with E-state index in [4.69, 9.17) is 0 Å². The van der Waals surface area contributed by atoms with Gasteiger partial charge in [0.2, 0.25) is 11.8 Å². The van der Waals surface area contributed by atoms with E-state index in [1.165, 1.54) is 21.8 Å². The lowest BCUT2D eigenvalue weighted by atomic mass is 10.1. The van der Waals surface area contributed by atoms with Crippen molar-refractivity contribution in [3.8, 4) is 0 Å². The molecule has 1 aliphatic rings. The average molecular weight is 332 g/mol. The molecule has 0 aliphatic carbocycles. The van der Waals surface area contributed by atoms with Crippen molar-refractivity contribution in [1.29, 1.82) is 0 Å². The summed E-state index contributed by atoms with van der Waals surface area (Å²) in [4.78, 5) is 40.4. The maximum absolute atomic E-state index is 12.3. The molecular weight excluding hydrogens is 312 g/mol. The Hall–Kier alpha value is -2.71. The molecule has 1 fully saturated rings. The third-order valence-corrected chi connectivity index (χ3v) is 4.17. The van der Waals surface area contributed by atoms with Crippen molar-refractivity contribution in [3.63, 3.8) is 0 Å². The third kappa shape index (κ3) is 3.29. The van der Waals surface area contributed by atoms with Crippen LogP contribution in [0.15, 0.2) is 17.3 Å². The predicted octanol–water partition coefficient (Wildman–Crippen LogP) is -0.695. The molecule has 9 heteroatoms. The molecule has 2 aromatic heterocycles. The first-order valence-electron chi connectivity index (χ1n) is 8.00. The quantitative estimate of drug-likeness (QED) is 0.769. The molecule has 0 saturated carbocycles. The molecule has 2 aromatic rings. The molecule has 3 rings (SSSR count). The van der Waals surface area contributed by atoms with Crippen LogP contribution in [0, 0.1) is 0 Å². The molecule has 2 amide bonds. The summed E-state index contributed by atoms with van der Waals surface area (Å²) < 4.78 is 2.91. The van der Waals surface area contributed by atoms with Gasteiger partial charge in [0.1, 0.15) is 11.4 Å². The number of fused-ring (bicyclic) bond motifs is 1. The molecular formula is C15H20N6O3. The highest BCUT2D eigenvalue weighted by Crippen LogP contribution is 2.06. The Morgan fingerprint density at radius 2 is 2.25 bits per heavy atom. The molecule has 1 atom stereocenters. The minimum atomic E-state index is -0.490. The number of nitrogens with one attached hydrogen (secondary N) is 2. The van der Waals surface area contributed by atoms with Crippen LogP contribution in [-0.2, 0) is 23.2 Å². The van der Waals surface area contributed by atoms with Crippen LogP contribution in [-0.4, -0.2) is 43.7 Å². The van der Waals surface area contributed by atoms with Gasteiger partial charge in [-0.2, -0.15) is 5.10 Å². The van der Waals surface area contributed by atoms with Crippen LogP contribution in [0.4, 0.5) is 0 Å². The molecule has 3 heterocycles. The SMILES string of the molecule is Cn1ncc2c(=O)n(CCC(=O)N[C@@H]3CCCCNC3=O)cnc21. The molecule has 0 bridgehead atoms. The van der Waals surface area contributed by atoms with Gasteiger partial charge in [-0.3, -0.25) is 23.6 Å². The summed E-state index contributed by atoms with van der Waals surface area (Å²) in [6.07, 6.45) is 5.45. The monoisotopic (exact) mass is 332 g/mol. The highest BCUT2D eigenvalue weighted by atomic mass is 16.2. The number of carbonyl (C=O) groups excluding carboxylic acids is 2. The smallest absolute Gasteiger partial charge is 0.264 e. The van der Waals surface area contributed by atoms with Crippen LogP contribution in [0.1, 0.15) is 25.7 Å². The van der Waals surface area contributed by atoms with Gasteiger partial charge >= 0.3 is 0 Å². The summed E-state index contributed by atoms with van der Waals surface area (Å²) in [5, 5.41) is 9.94. The lowest BCUT2D eigenvalue weighted by molar-refractivity contribution is -0.128. The Morgan fingerprint density at radius 1 is 1.42 bits per heavy atom. The number of amides is 2. The van der Waals surface area contributed by atoms with Crippen LogP contribution in [0.3, 0.4) is 0 Å². The molecule has 1 saturated heterocycles. The number of aromatic nitrogens is 4. The number of carbonyl (C=O) groups is 2. The van der Waals surface area contributed by atoms with Crippen molar-refractivity contribution < 1.29 is 9.59 Å². The molecule has 0 aromatic carbocycles. The van der Waals surface area contributed by atoms with E-state index >= 15 is 0 Å².